The van der Waals surface area contributed by atoms with E-state index < -0.39 is 0 Å². The van der Waals surface area contributed by atoms with Gasteiger partial charge in [-0.3, -0.25) is 9.80 Å². The van der Waals surface area contributed by atoms with Gasteiger partial charge in [0.05, 0.1) is 13.2 Å². The van der Waals surface area contributed by atoms with Gasteiger partial charge in [-0.05, 0) is 31.2 Å². The SMILES string of the molecule is c1ccc(CN2CCC(Nc3cc(N4CCC(N5CCOCC5)CC4)ncn3)CC2)cc1. The van der Waals surface area contributed by atoms with Crippen LogP contribution in [0.3, 0.4) is 0 Å². The summed E-state index contributed by atoms with van der Waals surface area (Å²) in [5.41, 5.74) is 1.40. The van der Waals surface area contributed by atoms with Crippen LogP contribution >= 0.6 is 0 Å². The van der Waals surface area contributed by atoms with E-state index in [-0.39, 0.29) is 0 Å². The third kappa shape index (κ3) is 5.57. The van der Waals surface area contributed by atoms with Gasteiger partial charge in [-0.15, -0.1) is 0 Å². The van der Waals surface area contributed by atoms with Crippen molar-refractivity contribution in [3.63, 3.8) is 0 Å². The zero-order chi connectivity index (χ0) is 21.6. The summed E-state index contributed by atoms with van der Waals surface area (Å²) in [5, 5.41) is 3.68. The largest absolute Gasteiger partial charge is 0.379 e. The Balaban J connectivity index is 1.09. The molecule has 0 spiro atoms. The zero-order valence-corrected chi connectivity index (χ0v) is 19.0. The zero-order valence-electron chi connectivity index (χ0n) is 19.0. The first-order chi connectivity index (χ1) is 15.8. The van der Waals surface area contributed by atoms with Crippen LogP contribution in [0.25, 0.3) is 0 Å². The van der Waals surface area contributed by atoms with Gasteiger partial charge in [0.2, 0.25) is 0 Å². The molecule has 4 heterocycles. The molecule has 2 aromatic rings. The average Bonchev–Trinajstić information content (AvgIpc) is 2.87. The number of likely N-dealkylation sites (tertiary alicyclic amines) is 1. The molecule has 0 saturated carbocycles. The minimum Gasteiger partial charge on any atom is -0.379 e. The highest BCUT2D eigenvalue weighted by molar-refractivity contribution is 5.49. The molecule has 3 saturated heterocycles. The summed E-state index contributed by atoms with van der Waals surface area (Å²) in [6.45, 7) is 9.35. The lowest BCUT2D eigenvalue weighted by atomic mass is 10.0. The van der Waals surface area contributed by atoms with Crippen molar-refractivity contribution in [3.8, 4) is 0 Å². The van der Waals surface area contributed by atoms with Gasteiger partial charge in [0.25, 0.3) is 0 Å². The molecular weight excluding hydrogens is 400 g/mol. The van der Waals surface area contributed by atoms with Crippen LogP contribution in [0.15, 0.2) is 42.7 Å². The summed E-state index contributed by atoms with van der Waals surface area (Å²) in [5.74, 6) is 2.02. The Morgan fingerprint density at radius 2 is 1.62 bits per heavy atom. The predicted molar refractivity (Wildman–Crippen MR) is 128 cm³/mol. The lowest BCUT2D eigenvalue weighted by molar-refractivity contribution is 0.0115. The molecule has 3 fully saturated rings. The molecule has 7 nitrogen and oxygen atoms in total. The van der Waals surface area contributed by atoms with E-state index in [0.717, 1.165) is 83.5 Å². The average molecular weight is 437 g/mol. The lowest BCUT2D eigenvalue weighted by Gasteiger charge is -2.40. The number of benzene rings is 1. The van der Waals surface area contributed by atoms with Crippen LogP contribution in [-0.4, -0.2) is 84.3 Å². The van der Waals surface area contributed by atoms with Crippen LogP contribution in [0.2, 0.25) is 0 Å². The minimum absolute atomic E-state index is 0.483. The van der Waals surface area contributed by atoms with E-state index in [2.05, 4.69) is 66.4 Å². The Kier molecular flexibility index (Phi) is 7.16. The Labute approximate surface area is 191 Å². The number of anilines is 2. The number of nitrogens with zero attached hydrogens (tertiary/aromatic N) is 5. The Morgan fingerprint density at radius 1 is 0.875 bits per heavy atom. The molecule has 0 aliphatic carbocycles. The normalized spacial score (nSPS) is 22.2. The lowest BCUT2D eigenvalue weighted by Crippen LogP contribution is -2.49. The molecular formula is C25H36N6O. The number of piperidine rings is 2. The summed E-state index contributed by atoms with van der Waals surface area (Å²) in [4.78, 5) is 16.7. The first-order valence-corrected chi connectivity index (χ1v) is 12.2. The molecule has 0 bridgehead atoms. The molecule has 32 heavy (non-hydrogen) atoms. The van der Waals surface area contributed by atoms with E-state index in [9.17, 15) is 0 Å². The molecule has 1 N–H and O–H groups in total. The van der Waals surface area contributed by atoms with Crippen LogP contribution < -0.4 is 10.2 Å². The molecule has 172 valence electrons. The van der Waals surface area contributed by atoms with Crippen molar-refractivity contribution < 1.29 is 4.74 Å². The highest BCUT2D eigenvalue weighted by atomic mass is 16.5. The second kappa shape index (κ2) is 10.6. The van der Waals surface area contributed by atoms with Crippen LogP contribution in [0.5, 0.6) is 0 Å². The molecule has 7 heteroatoms. The third-order valence-electron chi connectivity index (χ3n) is 7.19. The Morgan fingerprint density at radius 3 is 2.38 bits per heavy atom. The maximum atomic E-state index is 5.51. The fraction of sp³-hybridized carbons (Fsp3) is 0.600. The van der Waals surface area contributed by atoms with E-state index in [1.807, 2.05) is 0 Å². The Bertz CT molecular complexity index is 827. The second-order valence-corrected chi connectivity index (χ2v) is 9.31. The molecule has 0 radical (unpaired) electrons. The van der Waals surface area contributed by atoms with Crippen molar-refractivity contribution in [3.05, 3.63) is 48.3 Å². The number of rotatable bonds is 6. The van der Waals surface area contributed by atoms with Gasteiger partial charge in [-0.1, -0.05) is 30.3 Å². The second-order valence-electron chi connectivity index (χ2n) is 9.31. The number of nitrogens with one attached hydrogen (secondary N) is 1. The van der Waals surface area contributed by atoms with Gasteiger partial charge in [-0.2, -0.15) is 0 Å². The van der Waals surface area contributed by atoms with Crippen molar-refractivity contribution >= 4 is 11.6 Å². The summed E-state index contributed by atoms with van der Waals surface area (Å²) in [7, 11) is 0. The smallest absolute Gasteiger partial charge is 0.134 e. The third-order valence-corrected chi connectivity index (χ3v) is 7.19. The summed E-state index contributed by atoms with van der Waals surface area (Å²) in [6, 6.07) is 14.1. The van der Waals surface area contributed by atoms with E-state index >= 15 is 0 Å². The molecule has 5 rings (SSSR count). The fourth-order valence-electron chi connectivity index (χ4n) is 5.29. The fourth-order valence-corrected chi connectivity index (χ4v) is 5.29. The molecule has 0 unspecified atom stereocenters. The standard InChI is InChI=1S/C25H36N6O/c1-2-4-21(5-3-1)19-29-10-6-22(7-11-29)28-24-18-25(27-20-26-24)31-12-8-23(9-13-31)30-14-16-32-17-15-30/h1-5,18,20,22-23H,6-17,19H2,(H,26,27,28). The number of aromatic nitrogens is 2. The number of hydrogen-bond acceptors (Lipinski definition) is 7. The van der Waals surface area contributed by atoms with E-state index in [0.29, 0.717) is 12.1 Å². The quantitative estimate of drug-likeness (QED) is 0.747. The van der Waals surface area contributed by atoms with E-state index in [1.165, 1.54) is 18.4 Å². The monoisotopic (exact) mass is 436 g/mol. The maximum absolute atomic E-state index is 5.51. The molecule has 3 aliphatic rings. The van der Waals surface area contributed by atoms with Crippen molar-refractivity contribution in [2.24, 2.45) is 0 Å². The topological polar surface area (TPSA) is 56.8 Å². The van der Waals surface area contributed by atoms with Crippen LogP contribution in [0.1, 0.15) is 31.2 Å². The van der Waals surface area contributed by atoms with Crippen molar-refractivity contribution in [2.45, 2.75) is 44.3 Å². The molecule has 1 aromatic heterocycles. The maximum Gasteiger partial charge on any atom is 0.134 e. The Hall–Kier alpha value is -2.22. The van der Waals surface area contributed by atoms with Crippen LogP contribution in [0.4, 0.5) is 11.6 Å². The van der Waals surface area contributed by atoms with Crippen LogP contribution in [0, 0.1) is 0 Å². The van der Waals surface area contributed by atoms with Crippen LogP contribution in [-0.2, 0) is 11.3 Å². The van der Waals surface area contributed by atoms with Crippen molar-refractivity contribution in [1.82, 2.24) is 19.8 Å². The minimum atomic E-state index is 0.483. The molecule has 0 atom stereocenters. The van der Waals surface area contributed by atoms with Crippen molar-refractivity contribution in [1.29, 1.82) is 0 Å². The predicted octanol–water partition coefficient (Wildman–Crippen LogP) is 2.85. The van der Waals surface area contributed by atoms with Gasteiger partial charge in [0.1, 0.15) is 18.0 Å². The summed E-state index contributed by atoms with van der Waals surface area (Å²) < 4.78 is 5.51. The first kappa shape index (κ1) is 21.6. The number of ether oxygens (including phenoxy) is 1. The summed E-state index contributed by atoms with van der Waals surface area (Å²) >= 11 is 0. The van der Waals surface area contributed by atoms with Crippen molar-refractivity contribution in [2.75, 3.05) is 62.7 Å². The van der Waals surface area contributed by atoms with Gasteiger partial charge >= 0.3 is 0 Å². The molecule has 1 aromatic carbocycles. The molecule has 0 amide bonds. The number of hydrogen-bond donors (Lipinski definition) is 1. The van der Waals surface area contributed by atoms with Gasteiger partial charge in [0.15, 0.2) is 0 Å². The molecule has 3 aliphatic heterocycles. The van der Waals surface area contributed by atoms with Gasteiger partial charge < -0.3 is 15.0 Å². The van der Waals surface area contributed by atoms with Gasteiger partial charge in [-0.25, -0.2) is 9.97 Å². The van der Waals surface area contributed by atoms with E-state index in [1.54, 1.807) is 6.33 Å². The van der Waals surface area contributed by atoms with Gasteiger partial charge in [0, 0.05) is 64.0 Å². The highest BCUT2D eigenvalue weighted by Gasteiger charge is 2.26. The first-order valence-electron chi connectivity index (χ1n) is 12.2. The summed E-state index contributed by atoms with van der Waals surface area (Å²) in [6.07, 6.45) is 6.42. The van der Waals surface area contributed by atoms with E-state index in [4.69, 9.17) is 4.74 Å². The number of morpholine rings is 1. The highest BCUT2D eigenvalue weighted by Crippen LogP contribution is 2.24.